The Hall–Kier alpha value is -0.990. The van der Waals surface area contributed by atoms with Crippen LogP contribution in [0.3, 0.4) is 0 Å². The van der Waals surface area contributed by atoms with Gasteiger partial charge in [0, 0.05) is 0 Å². The van der Waals surface area contributed by atoms with Gasteiger partial charge in [-0.05, 0) is 12.8 Å². The molecule has 19 heavy (non-hydrogen) atoms. The maximum atomic E-state index is 12.3. The van der Waals surface area contributed by atoms with E-state index in [1.165, 1.54) is 0 Å². The van der Waals surface area contributed by atoms with Crippen molar-refractivity contribution >= 4 is 5.91 Å². The number of carbonyl (C=O) groups is 1. The summed E-state index contributed by atoms with van der Waals surface area (Å²) in [6.07, 6.45) is -10.0. The number of hydrogen-bond donors (Lipinski definition) is 2. The highest BCUT2D eigenvalue weighted by atomic mass is 19.4. The highest BCUT2D eigenvalue weighted by molar-refractivity contribution is 5.81. The predicted molar refractivity (Wildman–Crippen MR) is 52.0 cm³/mol. The second-order valence-electron chi connectivity index (χ2n) is 4.65. The molecule has 2 N–H and O–H groups in total. The van der Waals surface area contributed by atoms with Crippen LogP contribution in [0, 0.1) is 5.92 Å². The summed E-state index contributed by atoms with van der Waals surface area (Å²) < 4.78 is 74.0. The standard InChI is InChI=1S/C10H13F6NO2/c11-9(12,13)6(10(14,15)16)7(19)17-8(5-18)3-1-2-4-8/h6,18H,1-5H2,(H,17,19). The summed E-state index contributed by atoms with van der Waals surface area (Å²) in [4.78, 5) is 11.3. The van der Waals surface area contributed by atoms with Gasteiger partial charge in [-0.2, -0.15) is 26.3 Å². The van der Waals surface area contributed by atoms with Crippen molar-refractivity contribution in [3.8, 4) is 0 Å². The maximum Gasteiger partial charge on any atom is 0.409 e. The molecule has 112 valence electrons. The number of aliphatic hydroxyl groups excluding tert-OH is 1. The first kappa shape index (κ1) is 16.1. The van der Waals surface area contributed by atoms with Gasteiger partial charge in [0.15, 0.2) is 0 Å². The van der Waals surface area contributed by atoms with E-state index < -0.39 is 36.3 Å². The van der Waals surface area contributed by atoms with Crippen LogP contribution in [0.4, 0.5) is 26.3 Å². The van der Waals surface area contributed by atoms with E-state index in [1.807, 2.05) is 0 Å². The molecule has 1 amide bonds. The summed E-state index contributed by atoms with van der Waals surface area (Å²) in [5, 5.41) is 10.8. The zero-order chi connectivity index (χ0) is 14.9. The van der Waals surface area contributed by atoms with E-state index in [0.29, 0.717) is 12.8 Å². The van der Waals surface area contributed by atoms with Crippen molar-refractivity contribution in [1.82, 2.24) is 5.32 Å². The summed E-state index contributed by atoms with van der Waals surface area (Å²) in [5.41, 5.74) is -1.37. The topological polar surface area (TPSA) is 49.3 Å². The molecule has 0 spiro atoms. The molecular weight excluding hydrogens is 280 g/mol. The number of hydrogen-bond acceptors (Lipinski definition) is 2. The smallest absolute Gasteiger partial charge is 0.394 e. The van der Waals surface area contributed by atoms with Crippen LogP contribution in [0.2, 0.25) is 0 Å². The number of carbonyl (C=O) groups excluding carboxylic acids is 1. The lowest BCUT2D eigenvalue weighted by Crippen LogP contribution is -2.56. The van der Waals surface area contributed by atoms with Crippen molar-refractivity contribution in [3.63, 3.8) is 0 Å². The van der Waals surface area contributed by atoms with E-state index in [-0.39, 0.29) is 12.8 Å². The summed E-state index contributed by atoms with van der Waals surface area (Å²) >= 11 is 0. The molecule has 0 bridgehead atoms. The van der Waals surface area contributed by atoms with Crippen LogP contribution >= 0.6 is 0 Å². The minimum atomic E-state index is -5.71. The number of nitrogens with one attached hydrogen (secondary N) is 1. The lowest BCUT2D eigenvalue weighted by Gasteiger charge is -2.31. The number of alkyl halides is 6. The van der Waals surface area contributed by atoms with Crippen LogP contribution in [0.5, 0.6) is 0 Å². The third kappa shape index (κ3) is 3.74. The first-order valence-corrected chi connectivity index (χ1v) is 5.58. The molecule has 9 heteroatoms. The number of rotatable bonds is 3. The molecule has 0 aliphatic heterocycles. The van der Waals surface area contributed by atoms with Gasteiger partial charge < -0.3 is 10.4 Å². The van der Waals surface area contributed by atoms with Crippen LogP contribution in [0.15, 0.2) is 0 Å². The lowest BCUT2D eigenvalue weighted by atomic mass is 9.96. The van der Waals surface area contributed by atoms with Crippen molar-refractivity contribution in [2.24, 2.45) is 5.92 Å². The van der Waals surface area contributed by atoms with Crippen molar-refractivity contribution in [2.75, 3.05) is 6.61 Å². The van der Waals surface area contributed by atoms with Gasteiger partial charge >= 0.3 is 12.4 Å². The normalized spacial score (nSPS) is 19.8. The van der Waals surface area contributed by atoms with Gasteiger partial charge in [0.25, 0.3) is 0 Å². The van der Waals surface area contributed by atoms with Crippen molar-refractivity contribution in [1.29, 1.82) is 0 Å². The van der Waals surface area contributed by atoms with Gasteiger partial charge in [0.2, 0.25) is 11.8 Å². The molecule has 0 atom stereocenters. The second kappa shape index (κ2) is 5.18. The molecule has 0 unspecified atom stereocenters. The van der Waals surface area contributed by atoms with E-state index in [9.17, 15) is 31.1 Å². The molecule has 0 saturated heterocycles. The average Bonchev–Trinajstić information content (AvgIpc) is 2.61. The molecule has 0 aromatic carbocycles. The van der Waals surface area contributed by atoms with Gasteiger partial charge in [0.05, 0.1) is 12.1 Å². The Balaban J connectivity index is 2.90. The molecule has 0 radical (unpaired) electrons. The molecule has 1 saturated carbocycles. The van der Waals surface area contributed by atoms with Crippen LogP contribution < -0.4 is 5.32 Å². The molecule has 0 aromatic rings. The second-order valence-corrected chi connectivity index (χ2v) is 4.65. The molecule has 1 aliphatic carbocycles. The largest absolute Gasteiger partial charge is 0.409 e. The molecule has 1 rings (SSSR count). The van der Waals surface area contributed by atoms with Gasteiger partial charge in [-0.3, -0.25) is 4.79 Å². The molecule has 1 fully saturated rings. The Morgan fingerprint density at radius 2 is 1.53 bits per heavy atom. The Morgan fingerprint density at radius 1 is 1.11 bits per heavy atom. The summed E-state index contributed by atoms with van der Waals surface area (Å²) in [7, 11) is 0. The summed E-state index contributed by atoms with van der Waals surface area (Å²) in [6.45, 7) is -0.679. The number of halogens is 6. The van der Waals surface area contributed by atoms with Crippen LogP contribution in [-0.2, 0) is 4.79 Å². The van der Waals surface area contributed by atoms with Gasteiger partial charge in [-0.1, -0.05) is 12.8 Å². The third-order valence-corrected chi connectivity index (χ3v) is 3.17. The fraction of sp³-hybridized carbons (Fsp3) is 0.900. The van der Waals surface area contributed by atoms with Crippen LogP contribution in [0.1, 0.15) is 25.7 Å². The van der Waals surface area contributed by atoms with Gasteiger partial charge in [-0.25, -0.2) is 0 Å². The minimum Gasteiger partial charge on any atom is -0.394 e. The maximum absolute atomic E-state index is 12.3. The zero-order valence-electron chi connectivity index (χ0n) is 9.74. The highest BCUT2D eigenvalue weighted by Gasteiger charge is 2.61. The first-order valence-electron chi connectivity index (χ1n) is 5.58. The third-order valence-electron chi connectivity index (χ3n) is 3.17. The fourth-order valence-corrected chi connectivity index (χ4v) is 2.19. The zero-order valence-corrected chi connectivity index (χ0v) is 9.74. The van der Waals surface area contributed by atoms with Crippen molar-refractivity contribution in [2.45, 2.75) is 43.6 Å². The Bertz CT molecular complexity index is 318. The fourth-order valence-electron chi connectivity index (χ4n) is 2.19. The van der Waals surface area contributed by atoms with Crippen LogP contribution in [-0.4, -0.2) is 35.5 Å². The molecular formula is C10H13F6NO2. The monoisotopic (exact) mass is 293 g/mol. The highest BCUT2D eigenvalue weighted by Crippen LogP contribution is 2.40. The predicted octanol–water partition coefficient (Wildman–Crippen LogP) is 2.15. The molecule has 0 heterocycles. The van der Waals surface area contributed by atoms with Gasteiger partial charge in [-0.15, -0.1) is 0 Å². The van der Waals surface area contributed by atoms with Crippen LogP contribution in [0.25, 0.3) is 0 Å². The van der Waals surface area contributed by atoms with E-state index in [2.05, 4.69) is 0 Å². The molecule has 0 aromatic heterocycles. The summed E-state index contributed by atoms with van der Waals surface area (Å²) in [5.74, 6) is -6.22. The molecule has 3 nitrogen and oxygen atoms in total. The lowest BCUT2D eigenvalue weighted by molar-refractivity contribution is -0.274. The first-order chi connectivity index (χ1) is 8.52. The van der Waals surface area contributed by atoms with E-state index in [4.69, 9.17) is 5.11 Å². The summed E-state index contributed by atoms with van der Waals surface area (Å²) in [6, 6.07) is 0. The minimum absolute atomic E-state index is 0.164. The number of aliphatic hydroxyl groups is 1. The van der Waals surface area contributed by atoms with Gasteiger partial charge in [0.1, 0.15) is 0 Å². The van der Waals surface area contributed by atoms with E-state index in [0.717, 1.165) is 0 Å². The number of amides is 1. The molecule has 1 aliphatic rings. The quantitative estimate of drug-likeness (QED) is 0.783. The Labute approximate surface area is 105 Å². The van der Waals surface area contributed by atoms with E-state index in [1.54, 1.807) is 5.32 Å². The van der Waals surface area contributed by atoms with Crippen molar-refractivity contribution < 1.29 is 36.2 Å². The SMILES string of the molecule is O=C(NC1(CO)CCCC1)C(C(F)(F)F)C(F)(F)F. The Kier molecular flexibility index (Phi) is 4.38. The van der Waals surface area contributed by atoms with E-state index >= 15 is 0 Å². The Morgan fingerprint density at radius 3 is 1.84 bits per heavy atom. The van der Waals surface area contributed by atoms with Crippen molar-refractivity contribution in [3.05, 3.63) is 0 Å². The average molecular weight is 293 g/mol.